The molecule has 0 radical (unpaired) electrons. The number of hydrogen-bond donors (Lipinski definition) is 0. The lowest BCUT2D eigenvalue weighted by Crippen LogP contribution is -2.15. The van der Waals surface area contributed by atoms with E-state index in [4.69, 9.17) is 9.47 Å². The van der Waals surface area contributed by atoms with E-state index >= 15 is 0 Å². The Morgan fingerprint density at radius 1 is 1.17 bits per heavy atom. The molecule has 1 heterocycles. The first-order chi connectivity index (χ1) is 8.46. The monoisotopic (exact) mass is 324 g/mol. The first-order valence-corrected chi connectivity index (χ1v) is 6.47. The van der Waals surface area contributed by atoms with Crippen LogP contribution >= 0.6 is 15.9 Å². The Kier molecular flexibility index (Phi) is 4.04. The van der Waals surface area contributed by atoms with Gasteiger partial charge in [-0.3, -0.25) is 0 Å². The molecule has 6 heteroatoms. The summed E-state index contributed by atoms with van der Waals surface area (Å²) in [4.78, 5) is -0.338. The fourth-order valence-electron chi connectivity index (χ4n) is 1.71. The van der Waals surface area contributed by atoms with Crippen molar-refractivity contribution >= 4 is 15.9 Å². The smallest absolute Gasteiger partial charge is 0.389 e. The molecular weight excluding hydrogens is 313 g/mol. The van der Waals surface area contributed by atoms with Crippen LogP contribution in [-0.4, -0.2) is 19.4 Å². The van der Waals surface area contributed by atoms with Crippen LogP contribution in [0.2, 0.25) is 0 Å². The minimum absolute atomic E-state index is 0.00312. The second-order valence-corrected chi connectivity index (χ2v) is 5.13. The number of fused-ring (bicyclic) bond motifs is 1. The van der Waals surface area contributed by atoms with Crippen LogP contribution in [0, 0.1) is 0 Å². The number of hydrogen-bond acceptors (Lipinski definition) is 2. The third-order valence-electron chi connectivity index (χ3n) is 2.61. The second kappa shape index (κ2) is 5.38. The van der Waals surface area contributed by atoms with Gasteiger partial charge in [0.05, 0.1) is 0 Å². The molecule has 0 aromatic heterocycles. The van der Waals surface area contributed by atoms with Crippen LogP contribution in [0.3, 0.4) is 0 Å². The fraction of sp³-hybridized carbons (Fsp3) is 0.500. The van der Waals surface area contributed by atoms with Crippen molar-refractivity contribution in [2.75, 3.05) is 13.2 Å². The average Bonchev–Trinajstić information content (AvgIpc) is 2.34. The summed E-state index contributed by atoms with van der Waals surface area (Å²) in [6.07, 6.45) is -4.93. The first kappa shape index (κ1) is 13.5. The molecule has 1 aromatic rings. The molecule has 18 heavy (non-hydrogen) atoms. The highest BCUT2D eigenvalue weighted by atomic mass is 79.9. The second-order valence-electron chi connectivity index (χ2n) is 4.02. The van der Waals surface area contributed by atoms with Crippen molar-refractivity contribution in [3.8, 4) is 11.5 Å². The van der Waals surface area contributed by atoms with E-state index in [0.717, 1.165) is 5.56 Å². The van der Waals surface area contributed by atoms with Crippen molar-refractivity contribution in [3.63, 3.8) is 0 Å². The van der Waals surface area contributed by atoms with Gasteiger partial charge in [-0.25, -0.2) is 0 Å². The maximum atomic E-state index is 12.1. The molecule has 0 N–H and O–H groups in total. The maximum Gasteiger partial charge on any atom is 0.389 e. The van der Waals surface area contributed by atoms with Crippen LogP contribution < -0.4 is 9.47 Å². The average molecular weight is 325 g/mol. The van der Waals surface area contributed by atoms with Gasteiger partial charge in [0.25, 0.3) is 0 Å². The molecule has 100 valence electrons. The van der Waals surface area contributed by atoms with Crippen LogP contribution in [0.5, 0.6) is 11.5 Å². The van der Waals surface area contributed by atoms with Gasteiger partial charge in [0.15, 0.2) is 11.5 Å². The van der Waals surface area contributed by atoms with Crippen LogP contribution in [0.1, 0.15) is 23.2 Å². The summed E-state index contributed by atoms with van der Waals surface area (Å²) < 4.78 is 47.2. The summed E-state index contributed by atoms with van der Waals surface area (Å²) >= 11 is 3.27. The van der Waals surface area contributed by atoms with Gasteiger partial charge in [-0.1, -0.05) is 22.0 Å². The van der Waals surface area contributed by atoms with E-state index < -0.39 is 12.6 Å². The predicted octanol–water partition coefficient (Wildman–Crippen LogP) is 4.24. The molecule has 0 saturated carbocycles. The maximum absolute atomic E-state index is 12.1. The molecule has 1 aliphatic heterocycles. The van der Waals surface area contributed by atoms with Gasteiger partial charge in [-0.15, -0.1) is 0 Å². The van der Waals surface area contributed by atoms with E-state index in [2.05, 4.69) is 15.9 Å². The summed E-state index contributed by atoms with van der Waals surface area (Å²) in [5, 5.41) is 0. The zero-order chi connectivity index (χ0) is 13.2. The Hall–Kier alpha value is -0.910. The largest absolute Gasteiger partial charge is 0.486 e. The third kappa shape index (κ3) is 3.54. The molecule has 0 bridgehead atoms. The first-order valence-electron chi connectivity index (χ1n) is 5.56. The number of benzene rings is 1. The van der Waals surface area contributed by atoms with Crippen LogP contribution in [0.4, 0.5) is 13.2 Å². The molecule has 0 aliphatic carbocycles. The SMILES string of the molecule is FC(F)(F)CCC(Br)c1ccc2c(c1)OCCO2. The lowest BCUT2D eigenvalue weighted by molar-refractivity contribution is -0.135. The highest BCUT2D eigenvalue weighted by Gasteiger charge is 2.28. The number of alkyl halides is 4. The molecule has 0 spiro atoms. The van der Waals surface area contributed by atoms with Gasteiger partial charge < -0.3 is 9.47 Å². The number of halogens is 4. The normalized spacial score (nSPS) is 16.4. The van der Waals surface area contributed by atoms with Gasteiger partial charge in [0.2, 0.25) is 0 Å². The van der Waals surface area contributed by atoms with Crippen molar-refractivity contribution in [2.45, 2.75) is 23.8 Å². The predicted molar refractivity (Wildman–Crippen MR) is 64.4 cm³/mol. The van der Waals surface area contributed by atoms with Crippen molar-refractivity contribution in [1.82, 2.24) is 0 Å². The molecular formula is C12H12BrF3O2. The summed E-state index contributed by atoms with van der Waals surface area (Å²) in [6.45, 7) is 0.962. The molecule has 2 rings (SSSR count). The zero-order valence-electron chi connectivity index (χ0n) is 9.47. The Balaban J connectivity index is 2.04. The van der Waals surface area contributed by atoms with Crippen molar-refractivity contribution < 1.29 is 22.6 Å². The van der Waals surface area contributed by atoms with Gasteiger partial charge in [0.1, 0.15) is 13.2 Å². The zero-order valence-corrected chi connectivity index (χ0v) is 11.1. The van der Waals surface area contributed by atoms with Gasteiger partial charge in [-0.05, 0) is 24.1 Å². The molecule has 1 atom stereocenters. The summed E-state index contributed by atoms with van der Waals surface area (Å²) in [5.41, 5.74) is 0.767. The number of ether oxygens (including phenoxy) is 2. The van der Waals surface area contributed by atoms with Crippen LogP contribution in [0.25, 0.3) is 0 Å². The van der Waals surface area contributed by atoms with Gasteiger partial charge in [-0.2, -0.15) is 13.2 Å². The minimum atomic E-state index is -4.13. The highest BCUT2D eigenvalue weighted by molar-refractivity contribution is 9.09. The summed E-state index contributed by atoms with van der Waals surface area (Å²) in [5.74, 6) is 1.23. The van der Waals surface area contributed by atoms with E-state index in [1.807, 2.05) is 0 Å². The lowest BCUT2D eigenvalue weighted by atomic mass is 10.1. The minimum Gasteiger partial charge on any atom is -0.486 e. The topological polar surface area (TPSA) is 18.5 Å². The third-order valence-corrected chi connectivity index (χ3v) is 3.60. The number of rotatable bonds is 3. The summed E-state index contributed by atoms with van der Waals surface area (Å²) in [6, 6.07) is 5.21. The van der Waals surface area contributed by atoms with E-state index in [0.29, 0.717) is 24.7 Å². The van der Waals surface area contributed by atoms with Crippen molar-refractivity contribution in [3.05, 3.63) is 23.8 Å². The van der Waals surface area contributed by atoms with Gasteiger partial charge in [0, 0.05) is 11.2 Å². The van der Waals surface area contributed by atoms with Crippen LogP contribution in [0.15, 0.2) is 18.2 Å². The molecule has 1 aliphatic rings. The Labute approximate surface area is 111 Å². The molecule has 0 saturated heterocycles. The van der Waals surface area contributed by atoms with Crippen LogP contribution in [-0.2, 0) is 0 Å². The van der Waals surface area contributed by atoms with E-state index in [-0.39, 0.29) is 11.2 Å². The molecule has 1 unspecified atom stereocenters. The van der Waals surface area contributed by atoms with Gasteiger partial charge >= 0.3 is 6.18 Å². The Morgan fingerprint density at radius 2 is 1.83 bits per heavy atom. The standard InChI is InChI=1S/C12H12BrF3O2/c13-9(3-4-12(14,15)16)8-1-2-10-11(7-8)18-6-5-17-10/h1-2,7,9H,3-6H2. The molecule has 2 nitrogen and oxygen atoms in total. The molecule has 0 amide bonds. The van der Waals surface area contributed by atoms with Crippen molar-refractivity contribution in [2.24, 2.45) is 0 Å². The Bertz CT molecular complexity index is 420. The molecule has 0 fully saturated rings. The van der Waals surface area contributed by atoms with E-state index in [9.17, 15) is 13.2 Å². The van der Waals surface area contributed by atoms with E-state index in [1.165, 1.54) is 0 Å². The van der Waals surface area contributed by atoms with Crippen molar-refractivity contribution in [1.29, 1.82) is 0 Å². The summed E-state index contributed by atoms with van der Waals surface area (Å²) in [7, 11) is 0. The fourth-order valence-corrected chi connectivity index (χ4v) is 2.23. The quantitative estimate of drug-likeness (QED) is 0.774. The highest BCUT2D eigenvalue weighted by Crippen LogP contribution is 2.38. The molecule has 1 aromatic carbocycles. The van der Waals surface area contributed by atoms with E-state index in [1.54, 1.807) is 18.2 Å². The lowest BCUT2D eigenvalue weighted by Gasteiger charge is -2.20. The Morgan fingerprint density at radius 3 is 2.50 bits per heavy atom.